The van der Waals surface area contributed by atoms with E-state index in [1.54, 1.807) is 7.05 Å². The molecule has 23 heavy (non-hydrogen) atoms. The lowest BCUT2D eigenvalue weighted by atomic mass is 10.2. The number of imidazole rings is 1. The van der Waals surface area contributed by atoms with Crippen molar-refractivity contribution in [1.82, 2.24) is 20.6 Å². The number of aromatic amines is 1. The van der Waals surface area contributed by atoms with Crippen molar-refractivity contribution >= 4 is 29.9 Å². The molecule has 0 saturated heterocycles. The van der Waals surface area contributed by atoms with Crippen molar-refractivity contribution in [2.75, 3.05) is 13.6 Å². The molecule has 2 aromatic rings. The van der Waals surface area contributed by atoms with Gasteiger partial charge in [0.25, 0.3) is 0 Å². The maximum Gasteiger partial charge on any atom is 0.191 e. The number of nitrogens with one attached hydrogen (secondary N) is 3. The summed E-state index contributed by atoms with van der Waals surface area (Å²) in [4.78, 5) is 12.0. The lowest BCUT2D eigenvalue weighted by molar-refractivity contribution is 0.680. The van der Waals surface area contributed by atoms with Gasteiger partial charge in [-0.05, 0) is 12.0 Å². The standard InChI is InChI=1S/C17H25N5.HI/c1-3-4-8-11-19-17(18-2)21-13-16-20-12-15(22-16)14-9-6-5-7-10-14;/h5-7,9-10,12H,3-4,8,11,13H2,1-2H3,(H,20,22)(H2,18,19,21);1H. The Balaban J connectivity index is 0.00000264. The summed E-state index contributed by atoms with van der Waals surface area (Å²) < 4.78 is 0. The number of hydrogen-bond acceptors (Lipinski definition) is 2. The summed E-state index contributed by atoms with van der Waals surface area (Å²) in [6, 6.07) is 10.2. The number of aliphatic imine (C=N–C) groups is 1. The predicted octanol–water partition coefficient (Wildman–Crippen LogP) is 3.55. The van der Waals surface area contributed by atoms with Gasteiger partial charge in [0.1, 0.15) is 5.82 Å². The van der Waals surface area contributed by atoms with Gasteiger partial charge in [-0.1, -0.05) is 50.1 Å². The lowest BCUT2D eigenvalue weighted by Crippen LogP contribution is -2.37. The minimum Gasteiger partial charge on any atom is -0.356 e. The number of guanidine groups is 1. The highest BCUT2D eigenvalue weighted by Gasteiger charge is 2.04. The first-order chi connectivity index (χ1) is 10.8. The molecule has 6 heteroatoms. The normalized spacial score (nSPS) is 11.0. The third kappa shape index (κ3) is 6.60. The molecule has 0 aliphatic rings. The Morgan fingerprint density at radius 2 is 1.96 bits per heavy atom. The number of aromatic nitrogens is 2. The van der Waals surface area contributed by atoms with Crippen molar-refractivity contribution in [3.05, 3.63) is 42.4 Å². The highest BCUT2D eigenvalue weighted by molar-refractivity contribution is 14.0. The summed E-state index contributed by atoms with van der Waals surface area (Å²) in [5, 5.41) is 6.58. The molecule has 1 aromatic carbocycles. The number of benzene rings is 1. The zero-order valence-electron chi connectivity index (χ0n) is 13.8. The van der Waals surface area contributed by atoms with Gasteiger partial charge in [0, 0.05) is 13.6 Å². The minimum atomic E-state index is 0. The van der Waals surface area contributed by atoms with Crippen LogP contribution in [0.2, 0.25) is 0 Å². The van der Waals surface area contributed by atoms with E-state index < -0.39 is 0 Å². The Labute approximate surface area is 155 Å². The van der Waals surface area contributed by atoms with Crippen molar-refractivity contribution in [2.24, 2.45) is 4.99 Å². The van der Waals surface area contributed by atoms with Crippen molar-refractivity contribution in [2.45, 2.75) is 32.7 Å². The number of halogens is 1. The summed E-state index contributed by atoms with van der Waals surface area (Å²) in [6.45, 7) is 3.77. The van der Waals surface area contributed by atoms with E-state index in [0.29, 0.717) is 6.54 Å². The van der Waals surface area contributed by atoms with Gasteiger partial charge < -0.3 is 15.6 Å². The van der Waals surface area contributed by atoms with Crippen molar-refractivity contribution < 1.29 is 0 Å². The molecule has 0 amide bonds. The third-order valence-electron chi connectivity index (χ3n) is 3.43. The molecule has 0 unspecified atom stereocenters. The topological polar surface area (TPSA) is 65.1 Å². The van der Waals surface area contributed by atoms with E-state index in [0.717, 1.165) is 36.0 Å². The van der Waals surface area contributed by atoms with Crippen LogP contribution in [0.15, 0.2) is 41.5 Å². The van der Waals surface area contributed by atoms with Crippen LogP contribution in [0.25, 0.3) is 11.3 Å². The van der Waals surface area contributed by atoms with Crippen molar-refractivity contribution in [3.63, 3.8) is 0 Å². The van der Waals surface area contributed by atoms with Crippen LogP contribution >= 0.6 is 24.0 Å². The van der Waals surface area contributed by atoms with Gasteiger partial charge >= 0.3 is 0 Å². The van der Waals surface area contributed by atoms with Crippen LogP contribution in [0.5, 0.6) is 0 Å². The van der Waals surface area contributed by atoms with E-state index in [1.807, 2.05) is 24.4 Å². The van der Waals surface area contributed by atoms with Gasteiger partial charge in [0.15, 0.2) is 5.96 Å². The van der Waals surface area contributed by atoms with Crippen LogP contribution in [0.1, 0.15) is 32.0 Å². The molecule has 0 atom stereocenters. The van der Waals surface area contributed by atoms with E-state index in [-0.39, 0.29) is 24.0 Å². The SMILES string of the molecule is CCCCCNC(=NC)NCc1ncc(-c2ccccc2)[nH]1.I. The molecule has 0 aliphatic heterocycles. The smallest absolute Gasteiger partial charge is 0.191 e. The lowest BCUT2D eigenvalue weighted by Gasteiger charge is -2.10. The highest BCUT2D eigenvalue weighted by Crippen LogP contribution is 2.15. The van der Waals surface area contributed by atoms with Crippen molar-refractivity contribution in [3.8, 4) is 11.3 Å². The molecule has 0 fully saturated rings. The molecule has 0 aliphatic carbocycles. The molecule has 3 N–H and O–H groups in total. The number of hydrogen-bond donors (Lipinski definition) is 3. The molecule has 0 radical (unpaired) electrons. The van der Waals surface area contributed by atoms with Gasteiger partial charge in [-0.3, -0.25) is 4.99 Å². The second-order valence-electron chi connectivity index (χ2n) is 5.17. The average Bonchev–Trinajstić information content (AvgIpc) is 3.04. The molecule has 1 aromatic heterocycles. The summed E-state index contributed by atoms with van der Waals surface area (Å²) in [6.07, 6.45) is 5.49. The Morgan fingerprint density at radius 3 is 2.65 bits per heavy atom. The van der Waals surface area contributed by atoms with E-state index in [4.69, 9.17) is 0 Å². The summed E-state index contributed by atoms with van der Waals surface area (Å²) in [5.41, 5.74) is 2.17. The van der Waals surface area contributed by atoms with Gasteiger partial charge in [0.05, 0.1) is 18.4 Å². The third-order valence-corrected chi connectivity index (χ3v) is 3.43. The van der Waals surface area contributed by atoms with Crippen molar-refractivity contribution in [1.29, 1.82) is 0 Å². The molecule has 126 valence electrons. The zero-order valence-corrected chi connectivity index (χ0v) is 16.1. The largest absolute Gasteiger partial charge is 0.356 e. The average molecular weight is 427 g/mol. The second kappa shape index (κ2) is 11.0. The summed E-state index contributed by atoms with van der Waals surface area (Å²) >= 11 is 0. The van der Waals surface area contributed by atoms with Gasteiger partial charge in [-0.25, -0.2) is 4.98 Å². The van der Waals surface area contributed by atoms with Crippen LogP contribution in [0, 0.1) is 0 Å². The van der Waals surface area contributed by atoms with Crippen LogP contribution < -0.4 is 10.6 Å². The van der Waals surface area contributed by atoms with Gasteiger partial charge in [-0.15, -0.1) is 24.0 Å². The quantitative estimate of drug-likeness (QED) is 0.274. The molecule has 0 saturated carbocycles. The predicted molar refractivity (Wildman–Crippen MR) is 107 cm³/mol. The maximum absolute atomic E-state index is 4.41. The van der Waals surface area contributed by atoms with Crippen LogP contribution in [0.4, 0.5) is 0 Å². The Kier molecular flexibility index (Phi) is 9.35. The molecular weight excluding hydrogens is 401 g/mol. The summed E-state index contributed by atoms with van der Waals surface area (Å²) in [5.74, 6) is 1.71. The number of nitrogens with zero attached hydrogens (tertiary/aromatic N) is 2. The van der Waals surface area contributed by atoms with Gasteiger partial charge in [0.2, 0.25) is 0 Å². The monoisotopic (exact) mass is 427 g/mol. The molecule has 2 rings (SSSR count). The second-order valence-corrected chi connectivity index (χ2v) is 5.17. The van der Waals surface area contributed by atoms with Crippen LogP contribution in [0.3, 0.4) is 0 Å². The Hall–Kier alpha value is -1.57. The fraction of sp³-hybridized carbons (Fsp3) is 0.412. The van der Waals surface area contributed by atoms with E-state index >= 15 is 0 Å². The zero-order chi connectivity index (χ0) is 15.6. The molecule has 5 nitrogen and oxygen atoms in total. The molecule has 0 spiro atoms. The number of H-pyrrole nitrogens is 1. The number of unbranched alkanes of at least 4 members (excludes halogenated alkanes) is 2. The molecule has 0 bridgehead atoms. The molecular formula is C17H26IN5. The minimum absolute atomic E-state index is 0. The fourth-order valence-electron chi connectivity index (χ4n) is 2.19. The summed E-state index contributed by atoms with van der Waals surface area (Å²) in [7, 11) is 1.78. The first-order valence-corrected chi connectivity index (χ1v) is 7.87. The molecule has 1 heterocycles. The maximum atomic E-state index is 4.41. The Bertz CT molecular complexity index is 580. The van der Waals surface area contributed by atoms with E-state index in [1.165, 1.54) is 12.8 Å². The van der Waals surface area contributed by atoms with Crippen LogP contribution in [-0.2, 0) is 6.54 Å². The van der Waals surface area contributed by atoms with Crippen LogP contribution in [-0.4, -0.2) is 29.5 Å². The van der Waals surface area contributed by atoms with E-state index in [9.17, 15) is 0 Å². The first kappa shape index (κ1) is 19.5. The fourth-order valence-corrected chi connectivity index (χ4v) is 2.19. The first-order valence-electron chi connectivity index (χ1n) is 7.87. The number of rotatable bonds is 7. The Morgan fingerprint density at radius 1 is 1.17 bits per heavy atom. The highest BCUT2D eigenvalue weighted by atomic mass is 127. The van der Waals surface area contributed by atoms with Gasteiger partial charge in [-0.2, -0.15) is 0 Å². The van der Waals surface area contributed by atoms with E-state index in [2.05, 4.69) is 44.7 Å².